The molecule has 0 aliphatic rings. The molecule has 23 heavy (non-hydrogen) atoms. The zero-order valence-corrected chi connectivity index (χ0v) is 14.2. The number of nitrogens with one attached hydrogen (secondary N) is 1. The standard InChI is InChI=1S/C15H12F3IN4/c1-9-3-2-4-12-22-10(8-23(9)12)7-21-14-13(19)11(5-6-20-14)15(16,17)18/h2-6,8H,7H2,1H3,(H,20,21). The molecule has 0 radical (unpaired) electrons. The number of aryl methyl sites for hydroxylation is 1. The van der Waals surface area contributed by atoms with Gasteiger partial charge < -0.3 is 9.72 Å². The maximum atomic E-state index is 12.9. The van der Waals surface area contributed by atoms with E-state index >= 15 is 0 Å². The summed E-state index contributed by atoms with van der Waals surface area (Å²) in [5, 5.41) is 2.93. The van der Waals surface area contributed by atoms with E-state index in [4.69, 9.17) is 0 Å². The summed E-state index contributed by atoms with van der Waals surface area (Å²) in [6.07, 6.45) is -1.38. The van der Waals surface area contributed by atoms with Crippen LogP contribution in [0.15, 0.2) is 36.7 Å². The number of aromatic nitrogens is 3. The van der Waals surface area contributed by atoms with Crippen LogP contribution in [-0.4, -0.2) is 14.4 Å². The molecule has 0 aliphatic heterocycles. The number of alkyl halides is 3. The minimum Gasteiger partial charge on any atom is -0.363 e. The molecule has 3 heterocycles. The Bertz CT molecular complexity index is 858. The number of anilines is 1. The Labute approximate surface area is 143 Å². The van der Waals surface area contributed by atoms with E-state index in [1.165, 1.54) is 0 Å². The normalized spacial score (nSPS) is 11.9. The van der Waals surface area contributed by atoms with Gasteiger partial charge in [0, 0.05) is 18.1 Å². The van der Waals surface area contributed by atoms with Gasteiger partial charge in [0.05, 0.1) is 21.4 Å². The second-order valence-corrected chi connectivity index (χ2v) is 6.08. The Kier molecular flexibility index (Phi) is 4.17. The van der Waals surface area contributed by atoms with E-state index in [1.807, 2.05) is 35.7 Å². The van der Waals surface area contributed by atoms with Gasteiger partial charge in [-0.2, -0.15) is 13.2 Å². The summed E-state index contributed by atoms with van der Waals surface area (Å²) in [5.41, 5.74) is 1.87. The van der Waals surface area contributed by atoms with Crippen molar-refractivity contribution in [3.8, 4) is 0 Å². The Hall–Kier alpha value is -1.84. The molecule has 4 nitrogen and oxygen atoms in total. The third kappa shape index (κ3) is 3.26. The van der Waals surface area contributed by atoms with E-state index in [9.17, 15) is 13.2 Å². The fraction of sp³-hybridized carbons (Fsp3) is 0.200. The molecule has 3 aromatic heterocycles. The zero-order chi connectivity index (χ0) is 16.6. The van der Waals surface area contributed by atoms with Gasteiger partial charge >= 0.3 is 6.18 Å². The Morgan fingerprint density at radius 2 is 2.04 bits per heavy atom. The summed E-state index contributed by atoms with van der Waals surface area (Å²) in [6, 6.07) is 6.72. The van der Waals surface area contributed by atoms with Crippen LogP contribution in [0.3, 0.4) is 0 Å². The Morgan fingerprint density at radius 3 is 2.74 bits per heavy atom. The number of imidazole rings is 1. The monoisotopic (exact) mass is 432 g/mol. The molecule has 0 bridgehead atoms. The molecular formula is C15H12F3IN4. The molecule has 0 saturated carbocycles. The first kappa shape index (κ1) is 16.0. The first-order valence-corrected chi connectivity index (χ1v) is 7.83. The van der Waals surface area contributed by atoms with Crippen LogP contribution >= 0.6 is 22.6 Å². The largest absolute Gasteiger partial charge is 0.417 e. The highest BCUT2D eigenvalue weighted by molar-refractivity contribution is 14.1. The van der Waals surface area contributed by atoms with Gasteiger partial charge in [-0.15, -0.1) is 0 Å². The number of hydrogen-bond acceptors (Lipinski definition) is 3. The second kappa shape index (κ2) is 5.99. The predicted octanol–water partition coefficient (Wildman–Crippen LogP) is 4.27. The molecular weight excluding hydrogens is 420 g/mol. The number of pyridine rings is 2. The van der Waals surface area contributed by atoms with E-state index in [-0.39, 0.29) is 9.39 Å². The van der Waals surface area contributed by atoms with Crippen LogP contribution in [0.4, 0.5) is 19.0 Å². The van der Waals surface area contributed by atoms with Crippen molar-refractivity contribution >= 4 is 34.1 Å². The smallest absolute Gasteiger partial charge is 0.363 e. The zero-order valence-electron chi connectivity index (χ0n) is 12.0. The Balaban J connectivity index is 1.84. The molecule has 0 fully saturated rings. The number of fused-ring (bicyclic) bond motifs is 1. The lowest BCUT2D eigenvalue weighted by molar-refractivity contribution is -0.138. The van der Waals surface area contributed by atoms with Gasteiger partial charge in [0.25, 0.3) is 0 Å². The summed E-state index contributed by atoms with van der Waals surface area (Å²) in [4.78, 5) is 8.42. The van der Waals surface area contributed by atoms with Crippen LogP contribution in [0, 0.1) is 10.5 Å². The van der Waals surface area contributed by atoms with Crippen LogP contribution in [-0.2, 0) is 12.7 Å². The van der Waals surface area contributed by atoms with Crippen LogP contribution in [0.5, 0.6) is 0 Å². The van der Waals surface area contributed by atoms with Crippen molar-refractivity contribution in [3.63, 3.8) is 0 Å². The van der Waals surface area contributed by atoms with Crippen molar-refractivity contribution in [2.45, 2.75) is 19.6 Å². The lowest BCUT2D eigenvalue weighted by Crippen LogP contribution is -2.11. The average Bonchev–Trinajstić information content (AvgIpc) is 2.89. The first-order chi connectivity index (χ1) is 10.9. The SMILES string of the molecule is Cc1cccc2nc(CNc3nccc(C(F)(F)F)c3I)cn12. The number of nitrogens with zero attached hydrogens (tertiary/aromatic N) is 3. The van der Waals surface area contributed by atoms with Gasteiger partial charge in [-0.3, -0.25) is 0 Å². The van der Waals surface area contributed by atoms with E-state index in [0.717, 1.165) is 29.3 Å². The summed E-state index contributed by atoms with van der Waals surface area (Å²) in [7, 11) is 0. The van der Waals surface area contributed by atoms with Crippen molar-refractivity contribution in [1.29, 1.82) is 0 Å². The third-order valence-corrected chi connectivity index (χ3v) is 4.47. The van der Waals surface area contributed by atoms with Gasteiger partial charge in [0.1, 0.15) is 11.5 Å². The number of rotatable bonds is 3. The maximum Gasteiger partial charge on any atom is 0.417 e. The number of halogens is 4. The van der Waals surface area contributed by atoms with Crippen LogP contribution < -0.4 is 5.32 Å². The maximum absolute atomic E-state index is 12.9. The highest BCUT2D eigenvalue weighted by Crippen LogP contribution is 2.34. The van der Waals surface area contributed by atoms with Crippen LogP contribution in [0.25, 0.3) is 5.65 Å². The lowest BCUT2D eigenvalue weighted by Gasteiger charge is -2.12. The fourth-order valence-electron chi connectivity index (χ4n) is 2.24. The molecule has 0 amide bonds. The van der Waals surface area contributed by atoms with E-state index < -0.39 is 11.7 Å². The molecule has 120 valence electrons. The van der Waals surface area contributed by atoms with Gasteiger partial charge in [0.15, 0.2) is 0 Å². The van der Waals surface area contributed by atoms with Gasteiger partial charge in [-0.1, -0.05) is 6.07 Å². The quantitative estimate of drug-likeness (QED) is 0.629. The van der Waals surface area contributed by atoms with Gasteiger partial charge in [-0.25, -0.2) is 9.97 Å². The van der Waals surface area contributed by atoms with Crippen molar-refractivity contribution in [1.82, 2.24) is 14.4 Å². The second-order valence-electron chi connectivity index (χ2n) is 5.00. The minimum atomic E-state index is -4.39. The summed E-state index contributed by atoms with van der Waals surface area (Å²) >= 11 is 1.66. The summed E-state index contributed by atoms with van der Waals surface area (Å²) < 4.78 is 40.7. The van der Waals surface area contributed by atoms with Crippen molar-refractivity contribution in [3.05, 3.63) is 57.2 Å². The van der Waals surface area contributed by atoms with E-state index in [0.29, 0.717) is 6.54 Å². The minimum absolute atomic E-state index is 0.0533. The average molecular weight is 432 g/mol. The Morgan fingerprint density at radius 1 is 1.26 bits per heavy atom. The molecule has 3 aromatic rings. The van der Waals surface area contributed by atoms with Crippen LogP contribution in [0.1, 0.15) is 17.0 Å². The topological polar surface area (TPSA) is 42.2 Å². The van der Waals surface area contributed by atoms with E-state index in [2.05, 4.69) is 15.3 Å². The summed E-state index contributed by atoms with van der Waals surface area (Å²) in [6.45, 7) is 2.26. The van der Waals surface area contributed by atoms with Gasteiger partial charge in [0.2, 0.25) is 0 Å². The van der Waals surface area contributed by atoms with Crippen molar-refractivity contribution < 1.29 is 13.2 Å². The van der Waals surface area contributed by atoms with Crippen molar-refractivity contribution in [2.75, 3.05) is 5.32 Å². The molecule has 8 heteroatoms. The third-order valence-electron chi connectivity index (χ3n) is 3.38. The fourth-order valence-corrected chi connectivity index (χ4v) is 3.06. The molecule has 0 aliphatic carbocycles. The molecule has 3 rings (SSSR count). The summed E-state index contributed by atoms with van der Waals surface area (Å²) in [5.74, 6) is 0.203. The molecule has 1 N–H and O–H groups in total. The molecule has 0 aromatic carbocycles. The molecule has 0 saturated heterocycles. The highest BCUT2D eigenvalue weighted by Gasteiger charge is 2.34. The molecule has 0 unspecified atom stereocenters. The first-order valence-electron chi connectivity index (χ1n) is 6.75. The number of hydrogen-bond donors (Lipinski definition) is 1. The van der Waals surface area contributed by atoms with E-state index in [1.54, 1.807) is 22.6 Å². The molecule has 0 atom stereocenters. The van der Waals surface area contributed by atoms with Gasteiger partial charge in [-0.05, 0) is 47.7 Å². The highest BCUT2D eigenvalue weighted by atomic mass is 127. The predicted molar refractivity (Wildman–Crippen MR) is 89.2 cm³/mol. The van der Waals surface area contributed by atoms with Crippen LogP contribution in [0.2, 0.25) is 0 Å². The lowest BCUT2D eigenvalue weighted by atomic mass is 10.2. The molecule has 0 spiro atoms. The van der Waals surface area contributed by atoms with Crippen molar-refractivity contribution in [2.24, 2.45) is 0 Å².